The van der Waals surface area contributed by atoms with Crippen molar-refractivity contribution in [3.8, 4) is 5.75 Å². The van der Waals surface area contributed by atoms with Crippen LogP contribution in [-0.2, 0) is 22.9 Å². The second-order valence-electron chi connectivity index (χ2n) is 7.23. The smallest absolute Gasteiger partial charge is 0.191 e. The van der Waals surface area contributed by atoms with Crippen molar-refractivity contribution in [2.75, 3.05) is 12.8 Å². The largest absolute Gasteiger partial charge is 0.491 e. The third-order valence-electron chi connectivity index (χ3n) is 4.16. The van der Waals surface area contributed by atoms with Gasteiger partial charge in [-0.15, -0.1) is 24.0 Å². The molecule has 0 saturated carbocycles. The van der Waals surface area contributed by atoms with Gasteiger partial charge in [-0.05, 0) is 62.6 Å². The van der Waals surface area contributed by atoms with E-state index in [0.29, 0.717) is 23.9 Å². The summed E-state index contributed by atoms with van der Waals surface area (Å²) in [7, 11) is -3.21. The molecule has 0 aliphatic heterocycles. The molecule has 0 fully saturated rings. The predicted octanol–water partition coefficient (Wildman–Crippen LogP) is 4.06. The summed E-state index contributed by atoms with van der Waals surface area (Å²) < 4.78 is 29.2. The lowest BCUT2D eigenvalue weighted by Crippen LogP contribution is -2.36. The van der Waals surface area contributed by atoms with Crippen molar-refractivity contribution < 1.29 is 13.2 Å². The number of aliphatic imine (C=N–C) groups is 1. The lowest BCUT2D eigenvalue weighted by atomic mass is 10.1. The molecule has 2 aromatic carbocycles. The summed E-state index contributed by atoms with van der Waals surface area (Å²) in [6.45, 7) is 9.68. The Balaban J connectivity index is 0.00000450. The third kappa shape index (κ3) is 8.51. The molecule has 2 N–H and O–H groups in total. The summed E-state index contributed by atoms with van der Waals surface area (Å²) in [4.78, 5) is 4.97. The van der Waals surface area contributed by atoms with E-state index in [-0.39, 0.29) is 30.1 Å². The first-order chi connectivity index (χ1) is 13.7. The van der Waals surface area contributed by atoms with Gasteiger partial charge in [0, 0.05) is 19.3 Å². The zero-order valence-corrected chi connectivity index (χ0v) is 21.4. The Bertz CT molecular complexity index is 943. The number of guanidine groups is 1. The van der Waals surface area contributed by atoms with E-state index in [2.05, 4.69) is 15.6 Å². The average Bonchev–Trinajstić information content (AvgIpc) is 2.63. The van der Waals surface area contributed by atoms with E-state index < -0.39 is 9.84 Å². The minimum absolute atomic E-state index is 0. The van der Waals surface area contributed by atoms with Crippen LogP contribution in [0.15, 0.2) is 52.4 Å². The van der Waals surface area contributed by atoms with E-state index in [1.54, 1.807) is 13.0 Å². The minimum Gasteiger partial charge on any atom is -0.491 e. The maximum Gasteiger partial charge on any atom is 0.191 e. The van der Waals surface area contributed by atoms with Gasteiger partial charge in [-0.3, -0.25) is 0 Å². The van der Waals surface area contributed by atoms with Crippen molar-refractivity contribution in [3.63, 3.8) is 0 Å². The van der Waals surface area contributed by atoms with E-state index in [0.717, 1.165) is 29.0 Å². The molecule has 166 valence electrons. The monoisotopic (exact) mass is 545 g/mol. The predicted molar refractivity (Wildman–Crippen MR) is 134 cm³/mol. The maximum atomic E-state index is 11.8. The van der Waals surface area contributed by atoms with E-state index >= 15 is 0 Å². The zero-order chi connectivity index (χ0) is 21.4. The summed E-state index contributed by atoms with van der Waals surface area (Å²) in [5, 5.41) is 6.55. The highest BCUT2D eigenvalue weighted by molar-refractivity contribution is 14.0. The molecule has 2 aromatic rings. The van der Waals surface area contributed by atoms with Crippen LogP contribution < -0.4 is 15.4 Å². The first-order valence-electron chi connectivity index (χ1n) is 9.76. The van der Waals surface area contributed by atoms with Crippen molar-refractivity contribution in [3.05, 3.63) is 59.2 Å². The minimum atomic E-state index is -3.21. The molecular formula is C22H32IN3O3S. The lowest BCUT2D eigenvalue weighted by molar-refractivity contribution is 0.242. The Hall–Kier alpha value is -1.81. The SMILES string of the molecule is CCNC(=NCc1ccc(S(C)(=O)=O)c(C)c1)NCc1ccc(OC(C)C)cc1.I. The molecule has 30 heavy (non-hydrogen) atoms. The highest BCUT2D eigenvalue weighted by atomic mass is 127. The molecule has 0 bridgehead atoms. The molecule has 0 spiro atoms. The van der Waals surface area contributed by atoms with Crippen molar-refractivity contribution in [1.29, 1.82) is 0 Å². The van der Waals surface area contributed by atoms with Crippen molar-refractivity contribution in [2.24, 2.45) is 4.99 Å². The summed E-state index contributed by atoms with van der Waals surface area (Å²) >= 11 is 0. The topological polar surface area (TPSA) is 79.8 Å². The fourth-order valence-electron chi connectivity index (χ4n) is 2.88. The van der Waals surface area contributed by atoms with Crippen molar-refractivity contribution in [1.82, 2.24) is 10.6 Å². The number of nitrogens with one attached hydrogen (secondary N) is 2. The average molecular weight is 545 g/mol. The molecule has 0 unspecified atom stereocenters. The van der Waals surface area contributed by atoms with Crippen LogP contribution in [0.5, 0.6) is 5.75 Å². The van der Waals surface area contributed by atoms with Gasteiger partial charge in [0.05, 0.1) is 17.5 Å². The molecule has 0 aromatic heterocycles. The second-order valence-corrected chi connectivity index (χ2v) is 9.22. The molecule has 0 amide bonds. The number of sulfone groups is 1. The van der Waals surface area contributed by atoms with Gasteiger partial charge in [-0.25, -0.2) is 13.4 Å². The molecule has 0 atom stereocenters. The van der Waals surface area contributed by atoms with Crippen LogP contribution in [0.3, 0.4) is 0 Å². The number of benzene rings is 2. The molecule has 2 rings (SSSR count). The van der Waals surface area contributed by atoms with Gasteiger partial charge in [0.1, 0.15) is 5.75 Å². The summed E-state index contributed by atoms with van der Waals surface area (Å²) in [6, 6.07) is 13.3. The highest BCUT2D eigenvalue weighted by Gasteiger charge is 2.10. The van der Waals surface area contributed by atoms with Crippen LogP contribution in [0.4, 0.5) is 0 Å². The fourth-order valence-corrected chi connectivity index (χ4v) is 3.84. The molecule has 8 heteroatoms. The number of rotatable bonds is 8. The van der Waals surface area contributed by atoms with Gasteiger partial charge >= 0.3 is 0 Å². The molecule has 0 aliphatic rings. The Labute approximate surface area is 197 Å². The van der Waals surface area contributed by atoms with Gasteiger partial charge in [0.15, 0.2) is 15.8 Å². The Morgan fingerprint density at radius 1 is 1.07 bits per heavy atom. The standard InChI is InChI=1S/C22H31N3O3S.HI/c1-6-23-22(24-14-18-7-10-20(11-8-18)28-16(2)3)25-15-19-9-12-21(17(4)13-19)29(5,26)27;/h7-13,16H,6,14-15H2,1-5H3,(H2,23,24,25);1H. The Morgan fingerprint density at radius 3 is 2.23 bits per heavy atom. The number of hydrogen-bond donors (Lipinski definition) is 2. The van der Waals surface area contributed by atoms with Crippen LogP contribution >= 0.6 is 24.0 Å². The molecule has 0 radical (unpaired) electrons. The normalized spacial score (nSPS) is 11.7. The zero-order valence-electron chi connectivity index (χ0n) is 18.2. The summed E-state index contributed by atoms with van der Waals surface area (Å²) in [6.07, 6.45) is 1.38. The van der Waals surface area contributed by atoms with Gasteiger partial charge in [-0.2, -0.15) is 0 Å². The fraction of sp³-hybridized carbons (Fsp3) is 0.409. The van der Waals surface area contributed by atoms with Crippen LogP contribution in [0.1, 0.15) is 37.5 Å². The molecule has 0 saturated heterocycles. The van der Waals surface area contributed by atoms with Gasteiger partial charge in [0.25, 0.3) is 0 Å². The number of aryl methyl sites for hydroxylation is 1. The van der Waals surface area contributed by atoms with E-state index in [1.165, 1.54) is 6.26 Å². The number of nitrogens with zero attached hydrogens (tertiary/aromatic N) is 1. The maximum absolute atomic E-state index is 11.8. The first-order valence-corrected chi connectivity index (χ1v) is 11.7. The Kier molecular flexibility index (Phi) is 10.6. The second kappa shape index (κ2) is 12.1. The van der Waals surface area contributed by atoms with Gasteiger partial charge in [-0.1, -0.05) is 24.3 Å². The number of ether oxygens (including phenoxy) is 1. The van der Waals surface area contributed by atoms with Gasteiger partial charge in [0.2, 0.25) is 0 Å². The molecular weight excluding hydrogens is 513 g/mol. The third-order valence-corrected chi connectivity index (χ3v) is 5.41. The number of halogens is 1. The van der Waals surface area contributed by atoms with Crippen LogP contribution in [0, 0.1) is 6.92 Å². The van der Waals surface area contributed by atoms with Crippen LogP contribution in [-0.4, -0.2) is 33.3 Å². The van der Waals surface area contributed by atoms with E-state index in [1.807, 2.05) is 57.2 Å². The molecule has 6 nitrogen and oxygen atoms in total. The molecule has 0 aliphatic carbocycles. The molecule has 0 heterocycles. The Morgan fingerprint density at radius 2 is 1.70 bits per heavy atom. The van der Waals surface area contributed by atoms with Crippen LogP contribution in [0.25, 0.3) is 0 Å². The quantitative estimate of drug-likeness (QED) is 0.297. The van der Waals surface area contributed by atoms with Gasteiger partial charge < -0.3 is 15.4 Å². The lowest BCUT2D eigenvalue weighted by Gasteiger charge is -2.13. The first kappa shape index (κ1) is 26.2. The van der Waals surface area contributed by atoms with Crippen LogP contribution in [0.2, 0.25) is 0 Å². The summed E-state index contributed by atoms with van der Waals surface area (Å²) in [5.74, 6) is 1.57. The van der Waals surface area contributed by atoms with Crippen molar-refractivity contribution in [2.45, 2.75) is 51.8 Å². The van der Waals surface area contributed by atoms with E-state index in [4.69, 9.17) is 4.74 Å². The van der Waals surface area contributed by atoms with Crippen molar-refractivity contribution >= 4 is 39.8 Å². The number of hydrogen-bond acceptors (Lipinski definition) is 4. The summed E-state index contributed by atoms with van der Waals surface area (Å²) in [5.41, 5.74) is 2.82. The van der Waals surface area contributed by atoms with E-state index in [9.17, 15) is 8.42 Å². The highest BCUT2D eigenvalue weighted by Crippen LogP contribution is 2.17.